The molecule has 1 saturated carbocycles. The standard InChI is InChI=1S/C14H17BrO/c15-13-7-3-4-11(10-13)8-9-14(16)12-5-1-2-6-12/h3-4,7,10,12H,1-2,5-6,8-9H2. The van der Waals surface area contributed by atoms with Crippen molar-refractivity contribution >= 4 is 21.7 Å². The van der Waals surface area contributed by atoms with Gasteiger partial charge in [0.05, 0.1) is 0 Å². The van der Waals surface area contributed by atoms with E-state index < -0.39 is 0 Å². The highest BCUT2D eigenvalue weighted by molar-refractivity contribution is 9.10. The van der Waals surface area contributed by atoms with E-state index in [9.17, 15) is 4.79 Å². The van der Waals surface area contributed by atoms with Crippen molar-refractivity contribution in [3.63, 3.8) is 0 Å². The summed E-state index contributed by atoms with van der Waals surface area (Å²) in [6, 6.07) is 8.23. The van der Waals surface area contributed by atoms with Crippen LogP contribution in [0.5, 0.6) is 0 Å². The van der Waals surface area contributed by atoms with E-state index in [1.54, 1.807) is 0 Å². The number of hydrogen-bond donors (Lipinski definition) is 0. The molecular weight excluding hydrogens is 264 g/mol. The van der Waals surface area contributed by atoms with Gasteiger partial charge in [0.25, 0.3) is 0 Å². The SMILES string of the molecule is O=C(CCc1cccc(Br)c1)C1CCCC1. The lowest BCUT2D eigenvalue weighted by Gasteiger charge is -2.07. The largest absolute Gasteiger partial charge is 0.299 e. The van der Waals surface area contributed by atoms with Gasteiger partial charge in [-0.2, -0.15) is 0 Å². The van der Waals surface area contributed by atoms with Crippen LogP contribution in [0.1, 0.15) is 37.7 Å². The quantitative estimate of drug-likeness (QED) is 0.810. The number of hydrogen-bond acceptors (Lipinski definition) is 1. The second kappa shape index (κ2) is 5.62. The lowest BCUT2D eigenvalue weighted by molar-refractivity contribution is -0.122. The number of carbonyl (C=O) groups excluding carboxylic acids is 1. The fourth-order valence-electron chi connectivity index (χ4n) is 2.41. The average Bonchev–Trinajstić information content (AvgIpc) is 2.79. The highest BCUT2D eigenvalue weighted by Crippen LogP contribution is 2.27. The van der Waals surface area contributed by atoms with E-state index in [1.165, 1.54) is 18.4 Å². The first-order valence-electron chi connectivity index (χ1n) is 6.03. The summed E-state index contributed by atoms with van der Waals surface area (Å²) < 4.78 is 1.10. The normalized spacial score (nSPS) is 16.6. The summed E-state index contributed by atoms with van der Waals surface area (Å²) >= 11 is 3.45. The Kier molecular flexibility index (Phi) is 4.16. The Morgan fingerprint density at radius 2 is 2.06 bits per heavy atom. The van der Waals surface area contributed by atoms with E-state index in [0.717, 1.165) is 23.7 Å². The zero-order chi connectivity index (χ0) is 11.4. The van der Waals surface area contributed by atoms with E-state index >= 15 is 0 Å². The minimum Gasteiger partial charge on any atom is -0.299 e. The number of aryl methyl sites for hydroxylation is 1. The number of rotatable bonds is 4. The van der Waals surface area contributed by atoms with Crippen LogP contribution in [0.15, 0.2) is 28.7 Å². The van der Waals surface area contributed by atoms with Crippen molar-refractivity contribution in [2.24, 2.45) is 5.92 Å². The molecule has 86 valence electrons. The molecule has 1 aromatic carbocycles. The third-order valence-corrected chi connectivity index (χ3v) is 3.85. The molecule has 0 spiro atoms. The minimum absolute atomic E-state index is 0.368. The van der Waals surface area contributed by atoms with Gasteiger partial charge in [0.15, 0.2) is 0 Å². The summed E-state index contributed by atoms with van der Waals surface area (Å²) in [5.41, 5.74) is 1.25. The van der Waals surface area contributed by atoms with Crippen LogP contribution < -0.4 is 0 Å². The van der Waals surface area contributed by atoms with Gasteiger partial charge in [-0.15, -0.1) is 0 Å². The molecule has 1 fully saturated rings. The van der Waals surface area contributed by atoms with Gasteiger partial charge >= 0.3 is 0 Å². The molecule has 16 heavy (non-hydrogen) atoms. The molecule has 2 rings (SSSR count). The highest BCUT2D eigenvalue weighted by atomic mass is 79.9. The Bertz CT molecular complexity index is 367. The molecule has 0 amide bonds. The molecule has 0 bridgehead atoms. The Balaban J connectivity index is 1.84. The predicted octanol–water partition coefficient (Wildman–Crippen LogP) is 4.14. The molecule has 0 unspecified atom stereocenters. The first-order valence-corrected chi connectivity index (χ1v) is 6.82. The van der Waals surface area contributed by atoms with Gasteiger partial charge in [-0.3, -0.25) is 4.79 Å². The molecule has 0 radical (unpaired) electrons. The fraction of sp³-hybridized carbons (Fsp3) is 0.500. The summed E-state index contributed by atoms with van der Waals surface area (Å²) in [5.74, 6) is 0.838. The van der Waals surface area contributed by atoms with Gasteiger partial charge < -0.3 is 0 Å². The van der Waals surface area contributed by atoms with Crippen molar-refractivity contribution in [3.05, 3.63) is 34.3 Å². The topological polar surface area (TPSA) is 17.1 Å². The molecule has 0 aliphatic heterocycles. The van der Waals surface area contributed by atoms with Crippen LogP contribution >= 0.6 is 15.9 Å². The third-order valence-electron chi connectivity index (χ3n) is 3.36. The Labute approximate surface area is 105 Å². The second-order valence-electron chi connectivity index (χ2n) is 4.58. The van der Waals surface area contributed by atoms with E-state index in [4.69, 9.17) is 0 Å². The van der Waals surface area contributed by atoms with Gasteiger partial charge in [-0.1, -0.05) is 40.9 Å². The maximum absolute atomic E-state index is 11.9. The maximum atomic E-state index is 11.9. The zero-order valence-electron chi connectivity index (χ0n) is 9.42. The summed E-state index contributed by atoms with van der Waals surface area (Å²) in [6.45, 7) is 0. The van der Waals surface area contributed by atoms with Crippen molar-refractivity contribution in [3.8, 4) is 0 Å². The van der Waals surface area contributed by atoms with Crippen molar-refractivity contribution in [2.75, 3.05) is 0 Å². The van der Waals surface area contributed by atoms with Gasteiger partial charge in [-0.25, -0.2) is 0 Å². The van der Waals surface area contributed by atoms with E-state index in [-0.39, 0.29) is 0 Å². The number of Topliss-reactive ketones (excluding diaryl/α,β-unsaturated/α-hetero) is 1. The predicted molar refractivity (Wildman–Crippen MR) is 69.4 cm³/mol. The van der Waals surface area contributed by atoms with Crippen molar-refractivity contribution < 1.29 is 4.79 Å². The van der Waals surface area contributed by atoms with Gasteiger partial charge in [0.2, 0.25) is 0 Å². The number of carbonyl (C=O) groups is 1. The van der Waals surface area contributed by atoms with Crippen molar-refractivity contribution in [1.82, 2.24) is 0 Å². The maximum Gasteiger partial charge on any atom is 0.136 e. The van der Waals surface area contributed by atoms with E-state index in [2.05, 4.69) is 28.1 Å². The summed E-state index contributed by atoms with van der Waals surface area (Å²) in [6.07, 6.45) is 6.32. The summed E-state index contributed by atoms with van der Waals surface area (Å²) in [4.78, 5) is 11.9. The highest BCUT2D eigenvalue weighted by Gasteiger charge is 2.21. The number of halogens is 1. The number of ketones is 1. The molecule has 1 aromatic rings. The summed E-state index contributed by atoms with van der Waals surface area (Å²) in [7, 11) is 0. The fourth-order valence-corrected chi connectivity index (χ4v) is 2.86. The molecular formula is C14H17BrO. The summed E-state index contributed by atoms with van der Waals surface area (Å²) in [5, 5.41) is 0. The molecule has 2 heteroatoms. The molecule has 1 nitrogen and oxygen atoms in total. The monoisotopic (exact) mass is 280 g/mol. The van der Waals surface area contributed by atoms with Crippen molar-refractivity contribution in [2.45, 2.75) is 38.5 Å². The average molecular weight is 281 g/mol. The Morgan fingerprint density at radius 3 is 2.75 bits per heavy atom. The van der Waals surface area contributed by atoms with Crippen molar-refractivity contribution in [1.29, 1.82) is 0 Å². The van der Waals surface area contributed by atoms with Crippen LogP contribution in [0.2, 0.25) is 0 Å². The van der Waals surface area contributed by atoms with Crippen LogP contribution in [-0.4, -0.2) is 5.78 Å². The molecule has 0 saturated heterocycles. The van der Waals surface area contributed by atoms with E-state index in [0.29, 0.717) is 18.1 Å². The lowest BCUT2D eigenvalue weighted by atomic mass is 9.97. The first-order chi connectivity index (χ1) is 7.75. The zero-order valence-corrected chi connectivity index (χ0v) is 11.0. The van der Waals surface area contributed by atoms with Crippen LogP contribution in [0.25, 0.3) is 0 Å². The molecule has 0 heterocycles. The van der Waals surface area contributed by atoms with Crippen LogP contribution in [0.3, 0.4) is 0 Å². The minimum atomic E-state index is 0.368. The first kappa shape index (κ1) is 11.8. The van der Waals surface area contributed by atoms with Crippen LogP contribution in [0.4, 0.5) is 0 Å². The molecule has 1 aliphatic rings. The van der Waals surface area contributed by atoms with Gasteiger partial charge in [-0.05, 0) is 37.0 Å². The molecule has 0 atom stereocenters. The Hall–Kier alpha value is -0.630. The molecule has 0 aromatic heterocycles. The van der Waals surface area contributed by atoms with E-state index in [1.807, 2.05) is 12.1 Å². The molecule has 1 aliphatic carbocycles. The Morgan fingerprint density at radius 1 is 1.31 bits per heavy atom. The van der Waals surface area contributed by atoms with Crippen LogP contribution in [-0.2, 0) is 11.2 Å². The number of benzene rings is 1. The molecule has 0 N–H and O–H groups in total. The van der Waals surface area contributed by atoms with Gasteiger partial charge in [0, 0.05) is 16.8 Å². The third kappa shape index (κ3) is 3.18. The van der Waals surface area contributed by atoms with Crippen LogP contribution in [0, 0.1) is 5.92 Å². The smallest absolute Gasteiger partial charge is 0.136 e. The lowest BCUT2D eigenvalue weighted by Crippen LogP contribution is -2.11. The second-order valence-corrected chi connectivity index (χ2v) is 5.49. The van der Waals surface area contributed by atoms with Gasteiger partial charge in [0.1, 0.15) is 5.78 Å².